The van der Waals surface area contributed by atoms with Crippen LogP contribution in [0.4, 0.5) is 8.78 Å². The van der Waals surface area contributed by atoms with E-state index >= 15 is 0 Å². The Labute approximate surface area is 166 Å². The molecule has 0 unspecified atom stereocenters. The number of para-hydroxylation sites is 1. The molecule has 0 saturated carbocycles. The molecule has 7 heteroatoms. The molecule has 148 valence electrons. The van der Waals surface area contributed by atoms with Gasteiger partial charge in [-0.15, -0.1) is 0 Å². The summed E-state index contributed by atoms with van der Waals surface area (Å²) in [7, 11) is 1.59. The number of benzene rings is 2. The number of imidazole rings is 1. The van der Waals surface area contributed by atoms with Gasteiger partial charge < -0.3 is 9.47 Å². The first-order valence-corrected chi connectivity index (χ1v) is 9.21. The summed E-state index contributed by atoms with van der Waals surface area (Å²) >= 11 is 0. The first kappa shape index (κ1) is 18.9. The summed E-state index contributed by atoms with van der Waals surface area (Å²) < 4.78 is 28.9. The first-order chi connectivity index (χ1) is 14.0. The largest absolute Gasteiger partial charge is 0.342 e. The molecule has 0 spiro atoms. The van der Waals surface area contributed by atoms with Crippen molar-refractivity contribution in [3.8, 4) is 0 Å². The van der Waals surface area contributed by atoms with Crippen LogP contribution >= 0.6 is 0 Å². The molecular formula is C22H20F2N4O. The number of halogens is 2. The SMILES string of the molecule is CN(Cc1nccn1C(F)F)C(=O)c1cn(Cc2ccccc2)c2ccccc12. The van der Waals surface area contributed by atoms with Gasteiger partial charge >= 0.3 is 6.55 Å². The molecule has 2 heterocycles. The minimum atomic E-state index is -2.69. The van der Waals surface area contributed by atoms with Crippen molar-refractivity contribution in [2.24, 2.45) is 0 Å². The number of amides is 1. The van der Waals surface area contributed by atoms with E-state index in [1.54, 1.807) is 7.05 Å². The second-order valence-corrected chi connectivity index (χ2v) is 6.86. The zero-order valence-electron chi connectivity index (χ0n) is 15.9. The molecule has 5 nitrogen and oxygen atoms in total. The van der Waals surface area contributed by atoms with Gasteiger partial charge in [0.25, 0.3) is 5.91 Å². The Bertz CT molecular complexity index is 1130. The zero-order chi connectivity index (χ0) is 20.4. The number of fused-ring (bicyclic) bond motifs is 1. The predicted octanol–water partition coefficient (Wildman–Crippen LogP) is 4.55. The monoisotopic (exact) mass is 394 g/mol. The van der Waals surface area contributed by atoms with Crippen molar-refractivity contribution in [2.45, 2.75) is 19.6 Å². The number of carbonyl (C=O) groups is 1. The van der Waals surface area contributed by atoms with Gasteiger partial charge in [-0.25, -0.2) is 4.98 Å². The minimum Gasteiger partial charge on any atom is -0.342 e. The van der Waals surface area contributed by atoms with Crippen LogP contribution in [0.25, 0.3) is 10.9 Å². The molecule has 0 aliphatic rings. The van der Waals surface area contributed by atoms with Crippen LogP contribution in [0.1, 0.15) is 28.3 Å². The quantitative estimate of drug-likeness (QED) is 0.481. The van der Waals surface area contributed by atoms with Gasteiger partial charge in [0.05, 0.1) is 12.1 Å². The van der Waals surface area contributed by atoms with Gasteiger partial charge in [-0.1, -0.05) is 48.5 Å². The lowest BCUT2D eigenvalue weighted by Gasteiger charge is -2.17. The van der Waals surface area contributed by atoms with E-state index in [4.69, 9.17) is 0 Å². The van der Waals surface area contributed by atoms with E-state index in [0.717, 1.165) is 21.0 Å². The zero-order valence-corrected chi connectivity index (χ0v) is 15.9. The van der Waals surface area contributed by atoms with Crippen LogP contribution in [0.5, 0.6) is 0 Å². The third-order valence-corrected chi connectivity index (χ3v) is 4.90. The minimum absolute atomic E-state index is 0.00559. The van der Waals surface area contributed by atoms with Crippen LogP contribution in [0.2, 0.25) is 0 Å². The van der Waals surface area contributed by atoms with Crippen molar-refractivity contribution in [1.82, 2.24) is 19.0 Å². The van der Waals surface area contributed by atoms with E-state index in [2.05, 4.69) is 4.98 Å². The topological polar surface area (TPSA) is 43.1 Å². The second-order valence-electron chi connectivity index (χ2n) is 6.86. The van der Waals surface area contributed by atoms with Crippen LogP contribution in [0, 0.1) is 0 Å². The number of hydrogen-bond acceptors (Lipinski definition) is 2. The van der Waals surface area contributed by atoms with Crippen LogP contribution in [-0.2, 0) is 13.1 Å². The smallest absolute Gasteiger partial charge is 0.319 e. The maximum absolute atomic E-state index is 13.1. The number of aromatic nitrogens is 3. The van der Waals surface area contributed by atoms with Crippen LogP contribution in [-0.4, -0.2) is 32.0 Å². The van der Waals surface area contributed by atoms with E-state index in [0.29, 0.717) is 12.1 Å². The van der Waals surface area contributed by atoms with Gasteiger partial charge in [-0.2, -0.15) is 8.78 Å². The highest BCUT2D eigenvalue weighted by molar-refractivity contribution is 6.06. The Morgan fingerprint density at radius 2 is 1.83 bits per heavy atom. The highest BCUT2D eigenvalue weighted by Crippen LogP contribution is 2.24. The molecule has 0 N–H and O–H groups in total. The molecule has 1 amide bonds. The molecule has 0 fully saturated rings. The first-order valence-electron chi connectivity index (χ1n) is 9.21. The summed E-state index contributed by atoms with van der Waals surface area (Å²) in [4.78, 5) is 18.5. The molecule has 4 rings (SSSR count). The van der Waals surface area contributed by atoms with Crippen LogP contribution in [0.3, 0.4) is 0 Å². The van der Waals surface area contributed by atoms with Gasteiger partial charge in [-0.3, -0.25) is 9.36 Å². The van der Waals surface area contributed by atoms with E-state index in [9.17, 15) is 13.6 Å². The fraction of sp³-hybridized carbons (Fsp3) is 0.182. The fourth-order valence-corrected chi connectivity index (χ4v) is 3.46. The van der Waals surface area contributed by atoms with Gasteiger partial charge in [0.2, 0.25) is 0 Å². The third-order valence-electron chi connectivity index (χ3n) is 4.90. The summed E-state index contributed by atoms with van der Waals surface area (Å²) in [6.45, 7) is -2.06. The molecule has 0 aliphatic carbocycles. The molecule has 0 bridgehead atoms. The Hall–Kier alpha value is -3.48. The Morgan fingerprint density at radius 3 is 2.59 bits per heavy atom. The van der Waals surface area contributed by atoms with Crippen molar-refractivity contribution in [1.29, 1.82) is 0 Å². The van der Waals surface area contributed by atoms with Gasteiger partial charge in [0.15, 0.2) is 0 Å². The summed E-state index contributed by atoms with van der Waals surface area (Å²) in [6, 6.07) is 17.7. The lowest BCUT2D eigenvalue weighted by atomic mass is 10.1. The molecule has 4 aromatic rings. The summed E-state index contributed by atoms with van der Waals surface area (Å²) in [5.41, 5.74) is 2.61. The fourth-order valence-electron chi connectivity index (χ4n) is 3.46. The second kappa shape index (κ2) is 7.87. The normalized spacial score (nSPS) is 11.3. The number of rotatable bonds is 6. The molecule has 0 aliphatic heterocycles. The standard InChI is InChI=1S/C22H20F2N4O/c1-26(15-20-25-11-12-28(20)22(23)24)21(29)18-14-27(13-16-7-3-2-4-8-16)19-10-6-5-9-17(18)19/h2-12,14,22H,13,15H2,1H3. The molecule has 29 heavy (non-hydrogen) atoms. The van der Waals surface area contributed by atoms with Crippen molar-refractivity contribution in [2.75, 3.05) is 7.05 Å². The number of alkyl halides is 2. The summed E-state index contributed by atoms with van der Waals surface area (Å²) in [5.74, 6) is -0.0966. The average Bonchev–Trinajstić information content (AvgIpc) is 3.33. The van der Waals surface area contributed by atoms with Crippen molar-refractivity contribution >= 4 is 16.8 Å². The maximum Gasteiger partial charge on any atom is 0.319 e. The maximum atomic E-state index is 13.1. The molecule has 0 saturated heterocycles. The Balaban J connectivity index is 1.64. The predicted molar refractivity (Wildman–Crippen MR) is 107 cm³/mol. The number of carbonyl (C=O) groups excluding carboxylic acids is 1. The van der Waals surface area contributed by atoms with Gasteiger partial charge in [0.1, 0.15) is 5.82 Å². The van der Waals surface area contributed by atoms with E-state index in [1.807, 2.05) is 65.4 Å². The van der Waals surface area contributed by atoms with E-state index in [-0.39, 0.29) is 18.3 Å². The summed E-state index contributed by atoms with van der Waals surface area (Å²) in [5, 5.41) is 0.831. The molecule has 2 aromatic heterocycles. The lowest BCUT2D eigenvalue weighted by Crippen LogP contribution is -2.27. The van der Waals surface area contributed by atoms with E-state index < -0.39 is 6.55 Å². The summed E-state index contributed by atoms with van der Waals surface area (Å²) in [6.07, 6.45) is 4.35. The molecule has 2 aromatic carbocycles. The third kappa shape index (κ3) is 3.76. The highest BCUT2D eigenvalue weighted by Gasteiger charge is 2.21. The Morgan fingerprint density at radius 1 is 1.10 bits per heavy atom. The molecular weight excluding hydrogens is 374 g/mol. The van der Waals surface area contributed by atoms with Crippen molar-refractivity contribution in [3.05, 3.63) is 90.1 Å². The van der Waals surface area contributed by atoms with Crippen LogP contribution < -0.4 is 0 Å². The average molecular weight is 394 g/mol. The molecule has 0 radical (unpaired) electrons. The number of hydrogen-bond donors (Lipinski definition) is 0. The number of nitrogens with zero attached hydrogens (tertiary/aromatic N) is 4. The van der Waals surface area contributed by atoms with Gasteiger partial charge in [0, 0.05) is 43.1 Å². The molecule has 0 atom stereocenters. The lowest BCUT2D eigenvalue weighted by molar-refractivity contribution is 0.0613. The van der Waals surface area contributed by atoms with Gasteiger partial charge in [-0.05, 0) is 11.6 Å². The van der Waals surface area contributed by atoms with Crippen LogP contribution in [0.15, 0.2) is 73.2 Å². The van der Waals surface area contributed by atoms with Crippen molar-refractivity contribution < 1.29 is 13.6 Å². The highest BCUT2D eigenvalue weighted by atomic mass is 19.3. The van der Waals surface area contributed by atoms with E-state index in [1.165, 1.54) is 17.3 Å². The van der Waals surface area contributed by atoms with Crippen molar-refractivity contribution in [3.63, 3.8) is 0 Å². The Kier molecular flexibility index (Phi) is 5.12.